The Balaban J connectivity index is 2.13. The Labute approximate surface area is 125 Å². The summed E-state index contributed by atoms with van der Waals surface area (Å²) in [6.07, 6.45) is 0. The summed E-state index contributed by atoms with van der Waals surface area (Å²) >= 11 is 3.36. The summed E-state index contributed by atoms with van der Waals surface area (Å²) in [6, 6.07) is 5.26. The maximum atomic E-state index is 12.2. The number of hydrogen-bond acceptors (Lipinski definition) is 4. The van der Waals surface area contributed by atoms with Crippen LogP contribution in [0.5, 0.6) is 5.75 Å². The molecule has 0 aliphatic carbocycles. The Kier molecular flexibility index (Phi) is 4.44. The fourth-order valence-electron chi connectivity index (χ4n) is 1.82. The first-order valence-corrected chi connectivity index (χ1v) is 6.85. The normalized spacial score (nSPS) is 10.4. The van der Waals surface area contributed by atoms with Gasteiger partial charge in [-0.25, -0.2) is 0 Å². The number of carbonyl (C=O) groups excluding carboxylic acids is 1. The lowest BCUT2D eigenvalue weighted by atomic mass is 10.1. The van der Waals surface area contributed by atoms with Crippen LogP contribution in [0.1, 0.15) is 27.4 Å². The summed E-state index contributed by atoms with van der Waals surface area (Å²) in [5.74, 6) is 1.17. The Morgan fingerprint density at radius 1 is 1.45 bits per heavy atom. The summed E-state index contributed by atoms with van der Waals surface area (Å²) in [7, 11) is 1.56. The Bertz CT molecular complexity index is 618. The van der Waals surface area contributed by atoms with E-state index in [2.05, 4.69) is 26.4 Å². The van der Waals surface area contributed by atoms with Gasteiger partial charge in [0, 0.05) is 16.6 Å². The van der Waals surface area contributed by atoms with E-state index in [1.165, 1.54) is 0 Å². The summed E-state index contributed by atoms with van der Waals surface area (Å²) in [5, 5.41) is 6.71. The summed E-state index contributed by atoms with van der Waals surface area (Å²) in [5.41, 5.74) is 2.21. The van der Waals surface area contributed by atoms with Crippen LogP contribution in [0.3, 0.4) is 0 Å². The number of halogens is 1. The first kappa shape index (κ1) is 14.6. The first-order valence-electron chi connectivity index (χ1n) is 6.06. The maximum Gasteiger partial charge on any atom is 0.252 e. The zero-order valence-corrected chi connectivity index (χ0v) is 13.1. The molecule has 1 amide bonds. The Hall–Kier alpha value is -1.82. The van der Waals surface area contributed by atoms with Gasteiger partial charge < -0.3 is 14.6 Å². The largest absolute Gasteiger partial charge is 0.497 e. The highest BCUT2D eigenvalue weighted by molar-refractivity contribution is 9.10. The minimum absolute atomic E-state index is 0.184. The van der Waals surface area contributed by atoms with Crippen LogP contribution in [0.2, 0.25) is 0 Å². The van der Waals surface area contributed by atoms with E-state index >= 15 is 0 Å². The summed E-state index contributed by atoms with van der Waals surface area (Å²) in [4.78, 5) is 12.2. The van der Waals surface area contributed by atoms with Crippen molar-refractivity contribution in [3.05, 3.63) is 45.3 Å². The zero-order chi connectivity index (χ0) is 14.7. The predicted molar refractivity (Wildman–Crippen MR) is 77.8 cm³/mol. The molecule has 0 atom stereocenters. The van der Waals surface area contributed by atoms with E-state index in [1.54, 1.807) is 25.3 Å². The molecule has 20 heavy (non-hydrogen) atoms. The fraction of sp³-hybridized carbons (Fsp3) is 0.286. The van der Waals surface area contributed by atoms with Gasteiger partial charge in [0.15, 0.2) is 0 Å². The van der Waals surface area contributed by atoms with Gasteiger partial charge >= 0.3 is 0 Å². The Morgan fingerprint density at radius 2 is 2.20 bits per heavy atom. The molecule has 2 aromatic rings. The SMILES string of the molecule is COc1ccc(Br)c(C(=O)NCc2c(C)noc2C)c1. The highest BCUT2D eigenvalue weighted by Crippen LogP contribution is 2.22. The van der Waals surface area contributed by atoms with Gasteiger partial charge in [-0.1, -0.05) is 5.16 Å². The monoisotopic (exact) mass is 338 g/mol. The number of rotatable bonds is 4. The molecular formula is C14H15BrN2O3. The molecule has 6 heteroatoms. The van der Waals surface area contributed by atoms with Crippen LogP contribution >= 0.6 is 15.9 Å². The average Bonchev–Trinajstić information content (AvgIpc) is 2.76. The number of amides is 1. The van der Waals surface area contributed by atoms with Crippen molar-refractivity contribution in [1.82, 2.24) is 10.5 Å². The molecule has 0 spiro atoms. The maximum absolute atomic E-state index is 12.2. The first-order chi connectivity index (χ1) is 9.52. The summed E-state index contributed by atoms with van der Waals surface area (Å²) < 4.78 is 10.9. The molecule has 0 aliphatic rings. The molecule has 5 nitrogen and oxygen atoms in total. The lowest BCUT2D eigenvalue weighted by Gasteiger charge is -2.08. The van der Waals surface area contributed by atoms with Crippen molar-refractivity contribution < 1.29 is 14.1 Å². The summed E-state index contributed by atoms with van der Waals surface area (Å²) in [6.45, 7) is 4.05. The number of hydrogen-bond donors (Lipinski definition) is 1. The highest BCUT2D eigenvalue weighted by atomic mass is 79.9. The average molecular weight is 339 g/mol. The van der Waals surface area contributed by atoms with E-state index in [0.717, 1.165) is 15.7 Å². The van der Waals surface area contributed by atoms with Crippen LogP contribution in [-0.2, 0) is 6.54 Å². The quantitative estimate of drug-likeness (QED) is 0.930. The van der Waals surface area contributed by atoms with Gasteiger partial charge in [-0.3, -0.25) is 4.79 Å². The van der Waals surface area contributed by atoms with E-state index < -0.39 is 0 Å². The van der Waals surface area contributed by atoms with E-state index in [1.807, 2.05) is 13.8 Å². The second kappa shape index (κ2) is 6.09. The van der Waals surface area contributed by atoms with Gasteiger partial charge in [0.25, 0.3) is 5.91 Å². The molecular weight excluding hydrogens is 324 g/mol. The number of methoxy groups -OCH3 is 1. The highest BCUT2D eigenvalue weighted by Gasteiger charge is 2.14. The van der Waals surface area contributed by atoms with Crippen molar-refractivity contribution in [3.63, 3.8) is 0 Å². The van der Waals surface area contributed by atoms with Crippen molar-refractivity contribution >= 4 is 21.8 Å². The van der Waals surface area contributed by atoms with Crippen LogP contribution in [-0.4, -0.2) is 18.2 Å². The number of nitrogens with zero attached hydrogens (tertiary/aromatic N) is 1. The number of aromatic nitrogens is 1. The fourth-order valence-corrected chi connectivity index (χ4v) is 2.25. The standard InChI is InChI=1S/C14H15BrN2O3/c1-8-12(9(2)20-17-8)7-16-14(18)11-6-10(19-3)4-5-13(11)15/h4-6H,7H2,1-3H3,(H,16,18). The number of ether oxygens (including phenoxy) is 1. The molecule has 106 valence electrons. The molecule has 0 unspecified atom stereocenters. The second-order valence-electron chi connectivity index (χ2n) is 4.33. The molecule has 0 saturated carbocycles. The molecule has 0 fully saturated rings. The van der Waals surface area contributed by atoms with Gasteiger partial charge in [-0.05, 0) is 48.0 Å². The third kappa shape index (κ3) is 3.01. The van der Waals surface area contributed by atoms with E-state index in [0.29, 0.717) is 23.6 Å². The van der Waals surface area contributed by atoms with Crippen LogP contribution in [0.15, 0.2) is 27.2 Å². The van der Waals surface area contributed by atoms with Crippen molar-refractivity contribution in [3.8, 4) is 5.75 Å². The third-order valence-electron chi connectivity index (χ3n) is 3.03. The second-order valence-corrected chi connectivity index (χ2v) is 5.19. The van der Waals surface area contributed by atoms with Crippen molar-refractivity contribution in [2.45, 2.75) is 20.4 Å². The number of carbonyl (C=O) groups is 1. The lowest BCUT2D eigenvalue weighted by molar-refractivity contribution is 0.0949. The predicted octanol–water partition coefficient (Wildman–Crippen LogP) is 2.99. The molecule has 1 N–H and O–H groups in total. The minimum atomic E-state index is -0.184. The molecule has 0 radical (unpaired) electrons. The molecule has 2 rings (SSSR count). The van der Waals surface area contributed by atoms with Gasteiger partial charge in [-0.15, -0.1) is 0 Å². The number of nitrogens with one attached hydrogen (secondary N) is 1. The topological polar surface area (TPSA) is 64.4 Å². The molecule has 0 aliphatic heterocycles. The van der Waals surface area contributed by atoms with Gasteiger partial charge in [0.1, 0.15) is 11.5 Å². The number of aryl methyl sites for hydroxylation is 2. The van der Waals surface area contributed by atoms with Crippen LogP contribution in [0.4, 0.5) is 0 Å². The smallest absolute Gasteiger partial charge is 0.252 e. The lowest BCUT2D eigenvalue weighted by Crippen LogP contribution is -2.23. The van der Waals surface area contributed by atoms with Gasteiger partial charge in [0.05, 0.1) is 18.4 Å². The number of benzene rings is 1. The third-order valence-corrected chi connectivity index (χ3v) is 3.72. The van der Waals surface area contributed by atoms with Gasteiger partial charge in [-0.2, -0.15) is 0 Å². The molecule has 1 aromatic carbocycles. The molecule has 1 aromatic heterocycles. The van der Waals surface area contributed by atoms with Crippen LogP contribution in [0, 0.1) is 13.8 Å². The van der Waals surface area contributed by atoms with Crippen LogP contribution < -0.4 is 10.1 Å². The van der Waals surface area contributed by atoms with Crippen molar-refractivity contribution in [2.24, 2.45) is 0 Å². The molecule has 1 heterocycles. The van der Waals surface area contributed by atoms with Gasteiger partial charge in [0.2, 0.25) is 0 Å². The van der Waals surface area contributed by atoms with E-state index in [9.17, 15) is 4.79 Å². The molecule has 0 saturated heterocycles. The van der Waals surface area contributed by atoms with Crippen LogP contribution in [0.25, 0.3) is 0 Å². The zero-order valence-electron chi connectivity index (χ0n) is 11.5. The Morgan fingerprint density at radius 3 is 2.80 bits per heavy atom. The van der Waals surface area contributed by atoms with Crippen molar-refractivity contribution in [2.75, 3.05) is 7.11 Å². The van der Waals surface area contributed by atoms with E-state index in [-0.39, 0.29) is 5.91 Å². The van der Waals surface area contributed by atoms with E-state index in [4.69, 9.17) is 9.26 Å². The minimum Gasteiger partial charge on any atom is -0.497 e. The van der Waals surface area contributed by atoms with Crippen molar-refractivity contribution in [1.29, 1.82) is 0 Å². The molecule has 0 bridgehead atoms.